The van der Waals surface area contributed by atoms with Gasteiger partial charge in [0.15, 0.2) is 0 Å². The van der Waals surface area contributed by atoms with Gasteiger partial charge in [-0.3, -0.25) is 14.9 Å². The third-order valence-corrected chi connectivity index (χ3v) is 16.4. The largest absolute Gasteiger partial charge is 0.502 e. The molecule has 18 heteroatoms. The van der Waals surface area contributed by atoms with Crippen LogP contribution in [0.1, 0.15) is 72.1 Å². The predicted molar refractivity (Wildman–Crippen MR) is 300 cm³/mol. The minimum Gasteiger partial charge on any atom is -0.491 e. The van der Waals surface area contributed by atoms with Gasteiger partial charge in [-0.1, -0.05) is 63.3 Å². The molecule has 2 fully saturated rings. The molecule has 0 amide bonds. The topological polar surface area (TPSA) is 187 Å². The Morgan fingerprint density at radius 1 is 0.560 bits per heavy atom. The summed E-state index contributed by atoms with van der Waals surface area (Å²) in [6, 6.07) is 24.6. The zero-order chi connectivity index (χ0) is 52.4. The van der Waals surface area contributed by atoms with Crippen LogP contribution in [-0.4, -0.2) is 190 Å². The SMILES string of the molecule is CCNCCNCCNCCCCCCCCCNCCN(CCNCCOCCOCCOc1ccc(-c2cc(-c3ccccn3)nc(-c3ccccn3)c2)cc1)CC(O)COCCC[Si]12OC(C)C(O1)C(C)O2. The molecule has 2 aliphatic heterocycles. The van der Waals surface area contributed by atoms with E-state index in [1.165, 1.54) is 44.9 Å². The standard InChI is InChI=1S/C57H91N9O8Si/c1-4-58-27-28-61-30-29-59-23-12-8-6-5-7-9-13-24-60-31-34-66(45-51(67)46-70-36-16-42-75-72-47(2)57(74-75)48(3)73-75)35-32-62-33-37-68-38-39-69-40-41-71-52-21-19-49(20-22-52)50-43-55(53-17-10-14-25-63-53)65-56(44-50)54-18-11-15-26-64-54/h10-11,14-15,17-22,25-26,43-44,47-48,51,57-62,67H,4-9,12-13,16,23-24,27-42,45-46H2,1-3H3. The summed E-state index contributed by atoms with van der Waals surface area (Å²) in [4.78, 5) is 16.3. The summed E-state index contributed by atoms with van der Waals surface area (Å²) in [5.74, 6) is 0.776. The highest BCUT2D eigenvalue weighted by atomic mass is 28.4. The average molecular weight is 1060 g/mol. The number of likely N-dealkylation sites (N-methyl/N-ethyl adjacent to an activating group) is 1. The molecule has 17 nitrogen and oxygen atoms in total. The highest BCUT2D eigenvalue weighted by molar-refractivity contribution is 6.62. The van der Waals surface area contributed by atoms with Gasteiger partial charge >= 0.3 is 8.80 Å². The Morgan fingerprint density at radius 3 is 1.72 bits per heavy atom. The molecule has 0 radical (unpaired) electrons. The van der Waals surface area contributed by atoms with Crippen molar-refractivity contribution in [1.82, 2.24) is 46.4 Å². The maximum absolute atomic E-state index is 11.0. The molecule has 6 rings (SSSR count). The van der Waals surface area contributed by atoms with Gasteiger partial charge in [-0.25, -0.2) is 4.98 Å². The third-order valence-electron chi connectivity index (χ3n) is 13.3. The van der Waals surface area contributed by atoms with Crippen LogP contribution >= 0.6 is 0 Å². The normalized spacial score (nSPS) is 18.6. The molecule has 2 aliphatic rings. The van der Waals surface area contributed by atoms with Gasteiger partial charge in [0.1, 0.15) is 12.4 Å². The van der Waals surface area contributed by atoms with Gasteiger partial charge in [-0.05, 0) is 112 Å². The lowest BCUT2D eigenvalue weighted by Gasteiger charge is -2.27. The average Bonchev–Trinajstić information content (AvgIpc) is 3.95. The van der Waals surface area contributed by atoms with Gasteiger partial charge in [-0.15, -0.1) is 0 Å². The Hall–Kier alpha value is -3.83. The van der Waals surface area contributed by atoms with Crippen LogP contribution < -0.4 is 31.3 Å². The van der Waals surface area contributed by atoms with Crippen LogP contribution in [-0.2, 0) is 27.5 Å². The molecular formula is C57H91N9O8Si. The number of hydrogen-bond donors (Lipinski definition) is 6. The summed E-state index contributed by atoms with van der Waals surface area (Å²) in [7, 11) is -2.57. The monoisotopic (exact) mass is 1060 g/mol. The van der Waals surface area contributed by atoms with Crippen molar-refractivity contribution in [3.63, 3.8) is 0 Å². The molecule has 75 heavy (non-hydrogen) atoms. The van der Waals surface area contributed by atoms with Gasteiger partial charge < -0.3 is 63.9 Å². The third kappa shape index (κ3) is 23.4. The molecule has 0 saturated carbocycles. The van der Waals surface area contributed by atoms with Crippen LogP contribution in [0.3, 0.4) is 0 Å². The van der Waals surface area contributed by atoms with Gasteiger partial charge in [0.2, 0.25) is 0 Å². The lowest BCUT2D eigenvalue weighted by molar-refractivity contribution is 0.0149. The summed E-state index contributed by atoms with van der Waals surface area (Å²) in [6.07, 6.45) is 12.9. The molecule has 4 aromatic rings. The number of aliphatic hydroxyl groups is 1. The number of nitrogens with one attached hydrogen (secondary N) is 5. The minimum atomic E-state index is -2.57. The number of aromatic nitrogens is 3. The zero-order valence-electron chi connectivity index (χ0n) is 45.5. The molecule has 416 valence electrons. The maximum atomic E-state index is 11.0. The number of unbranched alkanes of at least 4 members (excludes halogenated alkanes) is 6. The van der Waals surface area contributed by atoms with Gasteiger partial charge in [0, 0.05) is 90.5 Å². The van der Waals surface area contributed by atoms with Gasteiger partial charge in [-0.2, -0.15) is 0 Å². The summed E-state index contributed by atoms with van der Waals surface area (Å²) in [5.41, 5.74) is 5.25. The van der Waals surface area contributed by atoms with Gasteiger partial charge in [0.25, 0.3) is 0 Å². The highest BCUT2D eigenvalue weighted by Gasteiger charge is 2.60. The fraction of sp³-hybridized carbons (Fsp3) is 0.632. The molecule has 5 heterocycles. The van der Waals surface area contributed by atoms with Crippen LogP contribution in [0, 0.1) is 0 Å². The van der Waals surface area contributed by atoms with Crippen molar-refractivity contribution < 1.29 is 37.3 Å². The second-order valence-electron chi connectivity index (χ2n) is 19.5. The molecule has 6 N–H and O–H groups in total. The van der Waals surface area contributed by atoms with Crippen LogP contribution in [0.15, 0.2) is 85.2 Å². The smallest absolute Gasteiger partial charge is 0.491 e. The summed E-state index contributed by atoms with van der Waals surface area (Å²) in [5, 5.41) is 28.5. The Morgan fingerprint density at radius 2 is 1.12 bits per heavy atom. The molecule has 2 bridgehead atoms. The Kier molecular flexibility index (Phi) is 29.2. The molecule has 3 aromatic heterocycles. The fourth-order valence-corrected chi connectivity index (χ4v) is 12.6. The number of aliphatic hydroxyl groups excluding tert-OH is 1. The molecular weight excluding hydrogens is 967 g/mol. The van der Waals surface area contributed by atoms with E-state index >= 15 is 0 Å². The first-order chi connectivity index (χ1) is 36.9. The Balaban J connectivity index is 0.794. The van der Waals surface area contributed by atoms with Crippen LogP contribution in [0.4, 0.5) is 0 Å². The lowest BCUT2D eigenvalue weighted by Crippen LogP contribution is -2.44. The van der Waals surface area contributed by atoms with Gasteiger partial charge in [0.05, 0.1) is 80.2 Å². The number of fused-ring (bicyclic) bond motifs is 2. The van der Waals surface area contributed by atoms with Crippen LogP contribution in [0.25, 0.3) is 33.9 Å². The van der Waals surface area contributed by atoms with Crippen molar-refractivity contribution >= 4 is 8.80 Å². The van der Waals surface area contributed by atoms with E-state index in [0.29, 0.717) is 52.8 Å². The molecule has 0 spiro atoms. The Bertz CT molecular complexity index is 2000. The first kappa shape index (κ1) is 60.4. The number of benzene rings is 1. The van der Waals surface area contributed by atoms with Crippen molar-refractivity contribution in [2.45, 2.75) is 103 Å². The zero-order valence-corrected chi connectivity index (χ0v) is 46.5. The van der Waals surface area contributed by atoms with E-state index in [1.54, 1.807) is 12.4 Å². The van der Waals surface area contributed by atoms with E-state index in [4.69, 9.17) is 37.2 Å². The second-order valence-corrected chi connectivity index (χ2v) is 22.1. The molecule has 3 atom stereocenters. The molecule has 1 aromatic carbocycles. The van der Waals surface area contributed by atoms with Crippen LogP contribution in [0.5, 0.6) is 5.75 Å². The first-order valence-electron chi connectivity index (χ1n) is 28.2. The number of pyridine rings is 3. The van der Waals surface area contributed by atoms with E-state index < -0.39 is 14.9 Å². The number of hydrogen-bond acceptors (Lipinski definition) is 17. The van der Waals surface area contributed by atoms with E-state index in [0.717, 1.165) is 131 Å². The summed E-state index contributed by atoms with van der Waals surface area (Å²) >= 11 is 0. The molecule has 0 aliphatic carbocycles. The van der Waals surface area contributed by atoms with Crippen molar-refractivity contribution in [1.29, 1.82) is 0 Å². The first-order valence-corrected chi connectivity index (χ1v) is 30.1. The van der Waals surface area contributed by atoms with E-state index in [-0.39, 0.29) is 18.3 Å². The van der Waals surface area contributed by atoms with Crippen molar-refractivity contribution in [2.24, 2.45) is 0 Å². The molecule has 3 unspecified atom stereocenters. The number of nitrogens with zero attached hydrogens (tertiary/aromatic N) is 4. The maximum Gasteiger partial charge on any atom is 0.502 e. The summed E-state index contributed by atoms with van der Waals surface area (Å²) in [6.45, 7) is 21.5. The number of rotatable bonds is 44. The second kappa shape index (κ2) is 36.3. The highest BCUT2D eigenvalue weighted by Crippen LogP contribution is 2.40. The van der Waals surface area contributed by atoms with Crippen molar-refractivity contribution in [2.75, 3.05) is 131 Å². The fourth-order valence-electron chi connectivity index (χ4n) is 9.30. The predicted octanol–water partition coefficient (Wildman–Crippen LogP) is 6.21. The van der Waals surface area contributed by atoms with E-state index in [1.807, 2.05) is 48.5 Å². The lowest BCUT2D eigenvalue weighted by atomic mass is 10.0. The molecule has 2 saturated heterocycles. The Labute approximate surface area is 449 Å². The quantitative estimate of drug-likeness (QED) is 0.0217. The van der Waals surface area contributed by atoms with Crippen molar-refractivity contribution in [3.8, 4) is 39.7 Å². The van der Waals surface area contributed by atoms with Crippen molar-refractivity contribution in [3.05, 3.63) is 85.2 Å². The van der Waals surface area contributed by atoms with E-state index in [2.05, 4.69) is 86.5 Å². The number of ether oxygens (including phenoxy) is 4. The van der Waals surface area contributed by atoms with E-state index in [9.17, 15) is 5.11 Å². The summed E-state index contributed by atoms with van der Waals surface area (Å²) < 4.78 is 41.9. The minimum absolute atomic E-state index is 0.0448. The van der Waals surface area contributed by atoms with Crippen LogP contribution in [0.2, 0.25) is 6.04 Å².